The molecule has 0 aliphatic rings. The summed E-state index contributed by atoms with van der Waals surface area (Å²) < 4.78 is 16.7. The van der Waals surface area contributed by atoms with Gasteiger partial charge in [-0.25, -0.2) is 4.79 Å². The Labute approximate surface area is 138 Å². The Morgan fingerprint density at radius 3 is 2.54 bits per heavy atom. The number of aryl methyl sites for hydroxylation is 3. The highest BCUT2D eigenvalue weighted by atomic mass is 16.5. The predicted molar refractivity (Wildman–Crippen MR) is 89.2 cm³/mol. The Bertz CT molecular complexity index is 950. The first-order valence-corrected chi connectivity index (χ1v) is 7.75. The third-order valence-corrected chi connectivity index (χ3v) is 4.19. The summed E-state index contributed by atoms with van der Waals surface area (Å²) >= 11 is 0. The Kier molecular flexibility index (Phi) is 4.45. The van der Waals surface area contributed by atoms with Crippen molar-refractivity contribution in [2.24, 2.45) is 0 Å². The zero-order valence-corrected chi connectivity index (χ0v) is 13.9. The minimum atomic E-state index is -0.900. The molecule has 1 atom stereocenters. The van der Waals surface area contributed by atoms with Gasteiger partial charge in [0, 0.05) is 28.0 Å². The highest BCUT2D eigenvalue weighted by Gasteiger charge is 2.18. The molecule has 128 valence electrons. The van der Waals surface area contributed by atoms with Crippen LogP contribution in [-0.4, -0.2) is 29.5 Å². The number of hydrogen-bond donors (Lipinski definition) is 2. The van der Waals surface area contributed by atoms with E-state index in [1.165, 1.54) is 6.07 Å². The van der Waals surface area contributed by atoms with Gasteiger partial charge in [0.15, 0.2) is 0 Å². The maximum absolute atomic E-state index is 11.6. The quantitative estimate of drug-likeness (QED) is 0.697. The van der Waals surface area contributed by atoms with E-state index in [1.54, 1.807) is 0 Å². The molecule has 2 heterocycles. The third kappa shape index (κ3) is 2.84. The van der Waals surface area contributed by atoms with Crippen LogP contribution in [0.25, 0.3) is 21.9 Å². The van der Waals surface area contributed by atoms with Crippen LogP contribution in [0, 0.1) is 20.8 Å². The number of hydrogen-bond acceptors (Lipinski definition) is 6. The van der Waals surface area contributed by atoms with Gasteiger partial charge in [0.25, 0.3) is 0 Å². The Balaban J connectivity index is 2.11. The summed E-state index contributed by atoms with van der Waals surface area (Å²) in [6.07, 6.45) is -0.900. The minimum absolute atomic E-state index is 0.0447. The fourth-order valence-electron chi connectivity index (χ4n) is 2.88. The van der Waals surface area contributed by atoms with Crippen LogP contribution >= 0.6 is 0 Å². The minimum Gasteiger partial charge on any atom is -0.461 e. The fourth-order valence-corrected chi connectivity index (χ4v) is 2.88. The lowest BCUT2D eigenvalue weighted by molar-refractivity contribution is 0.00000503. The number of aliphatic hydroxyl groups is 2. The number of furan rings is 1. The summed E-state index contributed by atoms with van der Waals surface area (Å²) in [5.41, 5.74) is 3.30. The average molecular weight is 332 g/mol. The van der Waals surface area contributed by atoms with Crippen molar-refractivity contribution in [1.29, 1.82) is 0 Å². The number of ether oxygens (including phenoxy) is 1. The van der Waals surface area contributed by atoms with Crippen molar-refractivity contribution in [1.82, 2.24) is 0 Å². The largest absolute Gasteiger partial charge is 0.461 e. The lowest BCUT2D eigenvalue weighted by Crippen LogP contribution is -2.19. The molecule has 0 bridgehead atoms. The molecule has 0 aliphatic carbocycles. The summed E-state index contributed by atoms with van der Waals surface area (Å²) in [5.74, 6) is 0.710. The summed E-state index contributed by atoms with van der Waals surface area (Å²) in [4.78, 5) is 11.6. The topological polar surface area (TPSA) is 93.0 Å². The first-order chi connectivity index (χ1) is 11.4. The molecule has 1 aromatic carbocycles. The first kappa shape index (κ1) is 16.7. The second kappa shape index (κ2) is 6.39. The van der Waals surface area contributed by atoms with E-state index in [9.17, 15) is 9.90 Å². The van der Waals surface area contributed by atoms with Gasteiger partial charge in [-0.05, 0) is 32.4 Å². The summed E-state index contributed by atoms with van der Waals surface area (Å²) in [6, 6.07) is 3.40. The number of benzene rings is 1. The van der Waals surface area contributed by atoms with Gasteiger partial charge in [0.05, 0.1) is 19.8 Å². The molecule has 24 heavy (non-hydrogen) atoms. The van der Waals surface area contributed by atoms with Crippen LogP contribution in [0.5, 0.6) is 0 Å². The van der Waals surface area contributed by atoms with Crippen LogP contribution in [0.1, 0.15) is 22.5 Å². The lowest BCUT2D eigenvalue weighted by Gasteiger charge is -2.08. The van der Waals surface area contributed by atoms with E-state index < -0.39 is 6.10 Å². The lowest BCUT2D eigenvalue weighted by atomic mass is 10.0. The van der Waals surface area contributed by atoms with Crippen molar-refractivity contribution in [2.75, 3.05) is 13.2 Å². The van der Waals surface area contributed by atoms with Gasteiger partial charge in [-0.3, -0.25) is 0 Å². The monoisotopic (exact) mass is 332 g/mol. The molecular formula is C18H20O6. The second-order valence-corrected chi connectivity index (χ2v) is 5.99. The van der Waals surface area contributed by atoms with E-state index in [1.807, 2.05) is 26.8 Å². The first-order valence-electron chi connectivity index (χ1n) is 7.75. The SMILES string of the molecule is Cc1oc2c(C)c3oc(=O)cc(C)c3cc2c1COCC(O)CO. The van der Waals surface area contributed by atoms with Crippen molar-refractivity contribution in [3.8, 4) is 0 Å². The molecule has 3 aromatic rings. The Morgan fingerprint density at radius 2 is 1.83 bits per heavy atom. The summed E-state index contributed by atoms with van der Waals surface area (Å²) in [7, 11) is 0. The molecule has 0 radical (unpaired) electrons. The molecule has 0 fully saturated rings. The average Bonchev–Trinajstić information content (AvgIpc) is 2.85. The molecule has 0 aliphatic heterocycles. The molecule has 6 nitrogen and oxygen atoms in total. The number of fused-ring (bicyclic) bond motifs is 2. The van der Waals surface area contributed by atoms with E-state index in [0.29, 0.717) is 16.9 Å². The van der Waals surface area contributed by atoms with Gasteiger partial charge >= 0.3 is 5.63 Å². The highest BCUT2D eigenvalue weighted by molar-refractivity contribution is 5.99. The van der Waals surface area contributed by atoms with Crippen molar-refractivity contribution < 1.29 is 23.8 Å². The van der Waals surface area contributed by atoms with Gasteiger partial charge in [-0.15, -0.1) is 0 Å². The second-order valence-electron chi connectivity index (χ2n) is 5.99. The van der Waals surface area contributed by atoms with Crippen LogP contribution in [0.4, 0.5) is 0 Å². The maximum Gasteiger partial charge on any atom is 0.336 e. The van der Waals surface area contributed by atoms with Crippen LogP contribution in [0.2, 0.25) is 0 Å². The zero-order valence-electron chi connectivity index (χ0n) is 13.9. The molecule has 0 spiro atoms. The van der Waals surface area contributed by atoms with Gasteiger partial charge in [0.2, 0.25) is 0 Å². The molecule has 1 unspecified atom stereocenters. The van der Waals surface area contributed by atoms with Crippen molar-refractivity contribution in [3.63, 3.8) is 0 Å². The molecular weight excluding hydrogens is 312 g/mol. The fraction of sp³-hybridized carbons (Fsp3) is 0.389. The van der Waals surface area contributed by atoms with E-state index in [2.05, 4.69) is 0 Å². The molecule has 2 N–H and O–H groups in total. The van der Waals surface area contributed by atoms with Crippen molar-refractivity contribution in [2.45, 2.75) is 33.5 Å². The van der Waals surface area contributed by atoms with Crippen LogP contribution < -0.4 is 5.63 Å². The number of rotatable bonds is 5. The van der Waals surface area contributed by atoms with Crippen LogP contribution in [0.15, 0.2) is 25.8 Å². The molecule has 0 saturated carbocycles. The Morgan fingerprint density at radius 1 is 1.12 bits per heavy atom. The molecule has 0 amide bonds. The molecule has 3 rings (SSSR count). The van der Waals surface area contributed by atoms with Crippen LogP contribution in [0.3, 0.4) is 0 Å². The van der Waals surface area contributed by atoms with Gasteiger partial charge in [-0.1, -0.05) is 0 Å². The standard InChI is InChI=1S/C18H20O6/c1-9-4-16(21)24-17-10(2)18-14(5-13(9)17)15(11(3)23-18)8-22-7-12(20)6-19/h4-5,12,19-20H,6-8H2,1-3H3. The summed E-state index contributed by atoms with van der Waals surface area (Å²) in [5, 5.41) is 20.0. The smallest absolute Gasteiger partial charge is 0.336 e. The highest BCUT2D eigenvalue weighted by Crippen LogP contribution is 2.34. The summed E-state index contributed by atoms with van der Waals surface area (Å²) in [6.45, 7) is 5.53. The Hall–Kier alpha value is -2.15. The maximum atomic E-state index is 11.6. The van der Waals surface area contributed by atoms with E-state index in [0.717, 1.165) is 27.5 Å². The van der Waals surface area contributed by atoms with E-state index in [-0.39, 0.29) is 25.4 Å². The van der Waals surface area contributed by atoms with Crippen LogP contribution in [-0.2, 0) is 11.3 Å². The molecule has 6 heteroatoms. The number of aliphatic hydroxyl groups excluding tert-OH is 2. The normalized spacial score (nSPS) is 13.0. The van der Waals surface area contributed by atoms with Gasteiger partial charge < -0.3 is 23.8 Å². The molecule has 0 saturated heterocycles. The van der Waals surface area contributed by atoms with Gasteiger partial charge in [0.1, 0.15) is 23.0 Å². The van der Waals surface area contributed by atoms with E-state index >= 15 is 0 Å². The van der Waals surface area contributed by atoms with Crippen molar-refractivity contribution in [3.05, 3.63) is 45.0 Å². The zero-order chi connectivity index (χ0) is 17.4. The molecule has 2 aromatic heterocycles. The van der Waals surface area contributed by atoms with E-state index in [4.69, 9.17) is 18.7 Å². The van der Waals surface area contributed by atoms with Crippen molar-refractivity contribution >= 4 is 21.9 Å². The van der Waals surface area contributed by atoms with Gasteiger partial charge in [-0.2, -0.15) is 0 Å². The third-order valence-electron chi connectivity index (χ3n) is 4.19. The predicted octanol–water partition coefficient (Wildman–Crippen LogP) is 2.33.